The summed E-state index contributed by atoms with van der Waals surface area (Å²) in [5.74, 6) is -0.668. The third-order valence-electron chi connectivity index (χ3n) is 3.90. The molecule has 0 unspecified atom stereocenters. The third kappa shape index (κ3) is 2.89. The molecule has 0 saturated carbocycles. The Kier molecular flexibility index (Phi) is 4.35. The molecule has 0 radical (unpaired) electrons. The standard InChI is InChI=1S/C19H16N2O4/c1-3-10-21-18(23)13-9-8-12(11-14(13)19(21)24)17(22)20-15-6-4-5-7-16(15)25-2/h3-9,11H,1,10H2,2H3,(H,20,22). The number of anilines is 1. The Labute approximate surface area is 144 Å². The van der Waals surface area contributed by atoms with Crippen molar-refractivity contribution in [2.45, 2.75) is 0 Å². The van der Waals surface area contributed by atoms with E-state index in [-0.39, 0.29) is 23.6 Å². The predicted molar refractivity (Wildman–Crippen MR) is 93.0 cm³/mol. The number of hydrogen-bond donors (Lipinski definition) is 1. The molecule has 0 saturated heterocycles. The molecule has 6 nitrogen and oxygen atoms in total. The molecule has 1 N–H and O–H groups in total. The summed E-state index contributed by atoms with van der Waals surface area (Å²) in [5.41, 5.74) is 1.32. The van der Waals surface area contributed by atoms with Gasteiger partial charge in [-0.1, -0.05) is 18.2 Å². The van der Waals surface area contributed by atoms with Crippen LogP contribution in [0.15, 0.2) is 55.1 Å². The van der Waals surface area contributed by atoms with Crippen LogP contribution in [0.3, 0.4) is 0 Å². The highest BCUT2D eigenvalue weighted by Crippen LogP contribution is 2.26. The van der Waals surface area contributed by atoms with Crippen LogP contribution in [0.1, 0.15) is 31.1 Å². The van der Waals surface area contributed by atoms with Crippen molar-refractivity contribution in [3.8, 4) is 5.75 Å². The van der Waals surface area contributed by atoms with Gasteiger partial charge >= 0.3 is 0 Å². The summed E-state index contributed by atoms with van der Waals surface area (Å²) < 4.78 is 5.20. The maximum Gasteiger partial charge on any atom is 0.261 e. The second kappa shape index (κ2) is 6.60. The summed E-state index contributed by atoms with van der Waals surface area (Å²) in [6.07, 6.45) is 1.48. The lowest BCUT2D eigenvalue weighted by Gasteiger charge is -2.10. The number of benzene rings is 2. The summed E-state index contributed by atoms with van der Waals surface area (Å²) in [4.78, 5) is 38.1. The maximum atomic E-state index is 12.5. The molecule has 0 bridgehead atoms. The van der Waals surface area contributed by atoms with Gasteiger partial charge in [-0.3, -0.25) is 19.3 Å². The Hall–Kier alpha value is -3.41. The fraction of sp³-hybridized carbons (Fsp3) is 0.105. The molecule has 6 heteroatoms. The molecule has 0 spiro atoms. The first-order chi connectivity index (χ1) is 12.1. The minimum absolute atomic E-state index is 0.134. The van der Waals surface area contributed by atoms with Gasteiger partial charge < -0.3 is 10.1 Å². The lowest BCUT2D eigenvalue weighted by atomic mass is 10.1. The number of nitrogens with zero attached hydrogens (tertiary/aromatic N) is 1. The largest absolute Gasteiger partial charge is 0.495 e. The van der Waals surface area contributed by atoms with E-state index in [2.05, 4.69) is 11.9 Å². The normalized spacial score (nSPS) is 12.8. The Morgan fingerprint density at radius 3 is 2.60 bits per heavy atom. The quantitative estimate of drug-likeness (QED) is 0.673. The average molecular weight is 336 g/mol. The van der Waals surface area contributed by atoms with Gasteiger partial charge in [0.15, 0.2) is 0 Å². The summed E-state index contributed by atoms with van der Waals surface area (Å²) >= 11 is 0. The molecule has 126 valence electrons. The number of methoxy groups -OCH3 is 1. The van der Waals surface area contributed by atoms with E-state index >= 15 is 0 Å². The summed E-state index contributed by atoms with van der Waals surface area (Å²) in [5, 5.41) is 2.74. The number of carbonyl (C=O) groups excluding carboxylic acids is 3. The average Bonchev–Trinajstić information content (AvgIpc) is 2.87. The molecule has 25 heavy (non-hydrogen) atoms. The van der Waals surface area contributed by atoms with Gasteiger partial charge in [-0.2, -0.15) is 0 Å². The lowest BCUT2D eigenvalue weighted by molar-refractivity contribution is 0.0672. The minimum atomic E-state index is -0.424. The molecular weight excluding hydrogens is 320 g/mol. The number of nitrogens with one attached hydrogen (secondary N) is 1. The molecule has 0 fully saturated rings. The molecule has 2 aromatic rings. The SMILES string of the molecule is C=CCN1C(=O)c2ccc(C(=O)Nc3ccccc3OC)cc2C1=O. The van der Waals surface area contributed by atoms with Crippen LogP contribution in [-0.4, -0.2) is 36.3 Å². The van der Waals surface area contributed by atoms with E-state index in [4.69, 9.17) is 4.74 Å². The van der Waals surface area contributed by atoms with Crippen molar-refractivity contribution in [3.05, 3.63) is 71.8 Å². The number of hydrogen-bond acceptors (Lipinski definition) is 4. The highest BCUT2D eigenvalue weighted by atomic mass is 16.5. The van der Waals surface area contributed by atoms with Crippen LogP contribution in [0.4, 0.5) is 5.69 Å². The molecule has 1 aliphatic rings. The number of para-hydroxylation sites is 2. The van der Waals surface area contributed by atoms with Crippen molar-refractivity contribution in [2.24, 2.45) is 0 Å². The molecule has 0 atom stereocenters. The minimum Gasteiger partial charge on any atom is -0.495 e. The van der Waals surface area contributed by atoms with E-state index in [1.165, 1.54) is 31.4 Å². The number of carbonyl (C=O) groups is 3. The number of imide groups is 1. The molecule has 0 aliphatic carbocycles. The topological polar surface area (TPSA) is 75.7 Å². The Morgan fingerprint density at radius 2 is 1.88 bits per heavy atom. The van der Waals surface area contributed by atoms with E-state index in [1.807, 2.05) is 0 Å². The van der Waals surface area contributed by atoms with E-state index in [0.29, 0.717) is 17.0 Å². The van der Waals surface area contributed by atoms with Crippen molar-refractivity contribution < 1.29 is 19.1 Å². The van der Waals surface area contributed by atoms with Crippen molar-refractivity contribution in [1.29, 1.82) is 0 Å². The lowest BCUT2D eigenvalue weighted by Crippen LogP contribution is -2.29. The van der Waals surface area contributed by atoms with Crippen LogP contribution >= 0.6 is 0 Å². The fourth-order valence-corrected chi connectivity index (χ4v) is 2.67. The maximum absolute atomic E-state index is 12.5. The summed E-state index contributed by atoms with van der Waals surface area (Å²) in [6, 6.07) is 11.5. The summed E-state index contributed by atoms with van der Waals surface area (Å²) in [6.45, 7) is 3.68. The molecule has 3 rings (SSSR count). The van der Waals surface area contributed by atoms with Crippen molar-refractivity contribution >= 4 is 23.4 Å². The van der Waals surface area contributed by atoms with Gasteiger partial charge in [0.2, 0.25) is 0 Å². The van der Waals surface area contributed by atoms with Crippen molar-refractivity contribution in [3.63, 3.8) is 0 Å². The molecule has 1 aliphatic heterocycles. The number of amides is 3. The Balaban J connectivity index is 1.88. The van der Waals surface area contributed by atoms with Gasteiger partial charge in [0.05, 0.1) is 23.9 Å². The highest BCUT2D eigenvalue weighted by molar-refractivity contribution is 6.22. The van der Waals surface area contributed by atoms with Gasteiger partial charge in [0, 0.05) is 12.1 Å². The fourth-order valence-electron chi connectivity index (χ4n) is 2.67. The van der Waals surface area contributed by atoms with Crippen molar-refractivity contribution in [2.75, 3.05) is 19.0 Å². The zero-order chi connectivity index (χ0) is 18.0. The third-order valence-corrected chi connectivity index (χ3v) is 3.90. The van der Waals surface area contributed by atoms with Gasteiger partial charge in [0.1, 0.15) is 5.75 Å². The van der Waals surface area contributed by atoms with E-state index in [0.717, 1.165) is 4.90 Å². The monoisotopic (exact) mass is 336 g/mol. The second-order valence-electron chi connectivity index (χ2n) is 5.42. The van der Waals surface area contributed by atoms with Gasteiger partial charge in [-0.15, -0.1) is 6.58 Å². The van der Waals surface area contributed by atoms with Crippen LogP contribution < -0.4 is 10.1 Å². The first-order valence-electron chi connectivity index (χ1n) is 7.62. The predicted octanol–water partition coefficient (Wildman–Crippen LogP) is 2.73. The molecule has 1 heterocycles. The molecular formula is C19H16N2O4. The van der Waals surface area contributed by atoms with Crippen LogP contribution in [0.25, 0.3) is 0 Å². The van der Waals surface area contributed by atoms with Crippen LogP contribution in [-0.2, 0) is 0 Å². The Bertz CT molecular complexity index is 889. The first kappa shape index (κ1) is 16.4. The van der Waals surface area contributed by atoms with Gasteiger partial charge in [-0.05, 0) is 30.3 Å². The van der Waals surface area contributed by atoms with Crippen LogP contribution in [0, 0.1) is 0 Å². The van der Waals surface area contributed by atoms with E-state index < -0.39 is 11.8 Å². The molecule has 2 aromatic carbocycles. The van der Waals surface area contributed by atoms with Crippen LogP contribution in [0.5, 0.6) is 5.75 Å². The highest BCUT2D eigenvalue weighted by Gasteiger charge is 2.35. The van der Waals surface area contributed by atoms with Crippen molar-refractivity contribution in [1.82, 2.24) is 4.90 Å². The number of rotatable bonds is 5. The van der Waals surface area contributed by atoms with E-state index in [1.54, 1.807) is 24.3 Å². The summed E-state index contributed by atoms with van der Waals surface area (Å²) in [7, 11) is 1.51. The van der Waals surface area contributed by atoms with Gasteiger partial charge in [0.25, 0.3) is 17.7 Å². The zero-order valence-corrected chi connectivity index (χ0v) is 13.6. The smallest absolute Gasteiger partial charge is 0.261 e. The van der Waals surface area contributed by atoms with E-state index in [9.17, 15) is 14.4 Å². The van der Waals surface area contributed by atoms with Gasteiger partial charge in [-0.25, -0.2) is 0 Å². The number of fused-ring (bicyclic) bond motifs is 1. The second-order valence-corrected chi connectivity index (χ2v) is 5.42. The first-order valence-corrected chi connectivity index (χ1v) is 7.62. The zero-order valence-electron chi connectivity index (χ0n) is 13.6. The Morgan fingerprint density at radius 1 is 1.16 bits per heavy atom. The van der Waals surface area contributed by atoms with Crippen LogP contribution in [0.2, 0.25) is 0 Å². The molecule has 3 amide bonds. The number of ether oxygens (including phenoxy) is 1. The molecule has 0 aromatic heterocycles.